The molecule has 1 heterocycles. The van der Waals surface area contributed by atoms with E-state index in [9.17, 15) is 9.59 Å². The number of ketones is 2. The quantitative estimate of drug-likeness (QED) is 0.397. The number of nitrogens with zero attached hydrogens (tertiary/aromatic N) is 1. The van der Waals surface area contributed by atoms with Gasteiger partial charge >= 0.3 is 0 Å². The molecule has 0 spiro atoms. The maximum atomic E-state index is 13.2. The second kappa shape index (κ2) is 9.43. The Kier molecular flexibility index (Phi) is 6.73. The number of rotatable bonds is 10. The Morgan fingerprint density at radius 2 is 1.29 bits per heavy atom. The molecule has 1 aromatic carbocycles. The molecular formula is C21H27N5O2. The monoisotopic (exact) mass is 381 g/mol. The average molecular weight is 381 g/mol. The summed E-state index contributed by atoms with van der Waals surface area (Å²) in [4.78, 5) is 30.4. The first-order chi connectivity index (χ1) is 13.7. The van der Waals surface area contributed by atoms with E-state index < -0.39 is 0 Å². The van der Waals surface area contributed by atoms with Gasteiger partial charge in [0.25, 0.3) is 0 Å². The lowest BCUT2D eigenvalue weighted by molar-refractivity contribution is 0.0980. The number of pyridine rings is 1. The molecule has 7 nitrogen and oxygen atoms in total. The number of unbranched alkanes of at least 4 members (excludes halogenated alkanes) is 2. The van der Waals surface area contributed by atoms with Crippen molar-refractivity contribution in [2.45, 2.75) is 25.7 Å². The van der Waals surface area contributed by atoms with Crippen molar-refractivity contribution in [3.05, 3.63) is 52.8 Å². The smallest absolute Gasteiger partial charge is 0.198 e. The zero-order chi connectivity index (χ0) is 19.9. The summed E-state index contributed by atoms with van der Waals surface area (Å²) in [5, 5.41) is 6.60. The standard InChI is InChI=1S/C21H27N5O2/c22-8-1-3-10-25-16-5-6-17(26-11-4-2-9-23)19-18(16)20(27)14-7-12-24-13-15(14)21(19)28/h5-7,12-13,25-26H,1-4,8-11,22-23H2. The van der Waals surface area contributed by atoms with Crippen molar-refractivity contribution in [2.24, 2.45) is 11.5 Å². The van der Waals surface area contributed by atoms with Crippen LogP contribution in [0.1, 0.15) is 57.5 Å². The summed E-state index contributed by atoms with van der Waals surface area (Å²) in [7, 11) is 0. The number of hydrogen-bond acceptors (Lipinski definition) is 7. The number of fused-ring (bicyclic) bond motifs is 2. The zero-order valence-corrected chi connectivity index (χ0v) is 16.0. The van der Waals surface area contributed by atoms with E-state index in [-0.39, 0.29) is 11.6 Å². The molecule has 0 bridgehead atoms. The fourth-order valence-electron chi connectivity index (χ4n) is 3.40. The molecular weight excluding hydrogens is 354 g/mol. The Bertz CT molecular complexity index is 796. The molecule has 0 atom stereocenters. The Morgan fingerprint density at radius 1 is 0.750 bits per heavy atom. The summed E-state index contributed by atoms with van der Waals surface area (Å²) in [5.74, 6) is -0.330. The predicted molar refractivity (Wildman–Crippen MR) is 111 cm³/mol. The highest BCUT2D eigenvalue weighted by Crippen LogP contribution is 2.36. The fourth-order valence-corrected chi connectivity index (χ4v) is 3.40. The zero-order valence-electron chi connectivity index (χ0n) is 16.0. The molecule has 1 aliphatic rings. The summed E-state index contributed by atoms with van der Waals surface area (Å²) < 4.78 is 0. The molecule has 6 N–H and O–H groups in total. The summed E-state index contributed by atoms with van der Waals surface area (Å²) in [6.45, 7) is 2.64. The maximum absolute atomic E-state index is 13.2. The Balaban J connectivity index is 1.97. The number of carbonyl (C=O) groups excluding carboxylic acids is 2. The lowest BCUT2D eigenvalue weighted by atomic mass is 9.83. The van der Waals surface area contributed by atoms with Gasteiger partial charge in [0.2, 0.25) is 0 Å². The summed E-state index contributed by atoms with van der Waals surface area (Å²) in [5.41, 5.74) is 14.1. The van der Waals surface area contributed by atoms with Crippen LogP contribution in [0.2, 0.25) is 0 Å². The molecule has 0 unspecified atom stereocenters. The number of carbonyl (C=O) groups is 2. The number of nitrogens with one attached hydrogen (secondary N) is 2. The highest BCUT2D eigenvalue weighted by Gasteiger charge is 2.34. The van der Waals surface area contributed by atoms with Crippen molar-refractivity contribution in [1.29, 1.82) is 0 Å². The number of hydrogen-bond donors (Lipinski definition) is 4. The SMILES string of the molecule is NCCCCNc1ccc(NCCCCN)c2c1C(=O)c1ccncc1C2=O. The van der Waals surface area contributed by atoms with Gasteiger partial charge in [0.1, 0.15) is 0 Å². The van der Waals surface area contributed by atoms with Crippen LogP contribution in [0.25, 0.3) is 0 Å². The van der Waals surface area contributed by atoms with Crippen molar-refractivity contribution < 1.29 is 9.59 Å². The van der Waals surface area contributed by atoms with Crippen molar-refractivity contribution >= 4 is 22.9 Å². The maximum Gasteiger partial charge on any atom is 0.198 e. The number of anilines is 2. The molecule has 7 heteroatoms. The third kappa shape index (κ3) is 4.05. The highest BCUT2D eigenvalue weighted by molar-refractivity contribution is 6.31. The van der Waals surface area contributed by atoms with Gasteiger partial charge in [0.05, 0.1) is 16.7 Å². The van der Waals surface area contributed by atoms with Crippen LogP contribution < -0.4 is 22.1 Å². The minimum atomic E-state index is -0.176. The van der Waals surface area contributed by atoms with Gasteiger partial charge in [-0.15, -0.1) is 0 Å². The lowest BCUT2D eigenvalue weighted by Gasteiger charge is -2.23. The lowest BCUT2D eigenvalue weighted by Crippen LogP contribution is -2.25. The average Bonchev–Trinajstić information content (AvgIpc) is 2.72. The minimum Gasteiger partial charge on any atom is -0.384 e. The van der Waals surface area contributed by atoms with Gasteiger partial charge in [-0.2, -0.15) is 0 Å². The molecule has 148 valence electrons. The van der Waals surface area contributed by atoms with Crippen molar-refractivity contribution in [2.75, 3.05) is 36.8 Å². The van der Waals surface area contributed by atoms with Gasteiger partial charge in [-0.3, -0.25) is 14.6 Å². The van der Waals surface area contributed by atoms with E-state index in [1.165, 1.54) is 12.4 Å². The van der Waals surface area contributed by atoms with E-state index in [1.54, 1.807) is 6.07 Å². The van der Waals surface area contributed by atoms with E-state index in [4.69, 9.17) is 11.5 Å². The van der Waals surface area contributed by atoms with Gasteiger partial charge in [0, 0.05) is 42.4 Å². The molecule has 2 aromatic rings. The van der Waals surface area contributed by atoms with E-state index in [0.29, 0.717) is 59.8 Å². The predicted octanol–water partition coefficient (Wildman–Crippen LogP) is 2.16. The normalized spacial score (nSPS) is 12.5. The number of aromatic nitrogens is 1. The molecule has 1 aromatic heterocycles. The molecule has 1 aliphatic carbocycles. The van der Waals surface area contributed by atoms with E-state index in [1.807, 2.05) is 12.1 Å². The first kappa shape index (κ1) is 20.0. The second-order valence-corrected chi connectivity index (χ2v) is 6.84. The Hall–Kier alpha value is -2.77. The third-order valence-electron chi connectivity index (χ3n) is 4.86. The molecule has 0 fully saturated rings. The topological polar surface area (TPSA) is 123 Å². The van der Waals surface area contributed by atoms with Crippen LogP contribution in [-0.2, 0) is 0 Å². The number of nitrogens with two attached hydrogens (primary N) is 2. The van der Waals surface area contributed by atoms with E-state index in [0.717, 1.165) is 25.7 Å². The molecule has 28 heavy (non-hydrogen) atoms. The molecule has 0 saturated heterocycles. The molecule has 0 amide bonds. The fraction of sp³-hybridized carbons (Fsp3) is 0.381. The van der Waals surface area contributed by atoms with Gasteiger partial charge in [-0.25, -0.2) is 0 Å². The molecule has 3 rings (SSSR count). The van der Waals surface area contributed by atoms with Gasteiger partial charge in [0.15, 0.2) is 11.6 Å². The van der Waals surface area contributed by atoms with Crippen molar-refractivity contribution in [3.8, 4) is 0 Å². The van der Waals surface area contributed by atoms with E-state index >= 15 is 0 Å². The first-order valence-electron chi connectivity index (χ1n) is 9.77. The van der Waals surface area contributed by atoms with Crippen LogP contribution in [0, 0.1) is 0 Å². The molecule has 0 saturated carbocycles. The Labute approximate surface area is 164 Å². The van der Waals surface area contributed by atoms with Crippen LogP contribution in [-0.4, -0.2) is 42.7 Å². The van der Waals surface area contributed by atoms with Crippen LogP contribution in [0.4, 0.5) is 11.4 Å². The minimum absolute atomic E-state index is 0.154. The number of benzene rings is 1. The molecule has 0 aliphatic heterocycles. The highest BCUT2D eigenvalue weighted by atomic mass is 16.1. The van der Waals surface area contributed by atoms with Crippen LogP contribution >= 0.6 is 0 Å². The largest absolute Gasteiger partial charge is 0.384 e. The van der Waals surface area contributed by atoms with Crippen LogP contribution in [0.15, 0.2) is 30.6 Å². The first-order valence-corrected chi connectivity index (χ1v) is 9.77. The summed E-state index contributed by atoms with van der Waals surface area (Å²) in [6, 6.07) is 5.33. The van der Waals surface area contributed by atoms with E-state index in [2.05, 4.69) is 15.6 Å². The summed E-state index contributed by atoms with van der Waals surface area (Å²) in [6.07, 6.45) is 6.60. The third-order valence-corrected chi connectivity index (χ3v) is 4.86. The Morgan fingerprint density at radius 3 is 1.82 bits per heavy atom. The second-order valence-electron chi connectivity index (χ2n) is 6.84. The summed E-state index contributed by atoms with van der Waals surface area (Å²) >= 11 is 0. The van der Waals surface area contributed by atoms with Gasteiger partial charge < -0.3 is 22.1 Å². The van der Waals surface area contributed by atoms with Gasteiger partial charge in [-0.05, 0) is 57.0 Å². The van der Waals surface area contributed by atoms with Crippen LogP contribution in [0.3, 0.4) is 0 Å². The van der Waals surface area contributed by atoms with Crippen LogP contribution in [0.5, 0.6) is 0 Å². The van der Waals surface area contributed by atoms with Crippen molar-refractivity contribution in [3.63, 3.8) is 0 Å². The van der Waals surface area contributed by atoms with Crippen molar-refractivity contribution in [1.82, 2.24) is 4.98 Å². The van der Waals surface area contributed by atoms with Gasteiger partial charge in [-0.1, -0.05) is 0 Å². The molecule has 0 radical (unpaired) electrons.